The second-order valence-corrected chi connectivity index (χ2v) is 4.46. The summed E-state index contributed by atoms with van der Waals surface area (Å²) in [7, 11) is 0. The molecule has 0 aliphatic heterocycles. The summed E-state index contributed by atoms with van der Waals surface area (Å²) in [5.74, 6) is 0. The molecule has 0 saturated heterocycles. The number of hydrogen-bond acceptors (Lipinski definition) is 2. The Kier molecular flexibility index (Phi) is 4.53. The minimum absolute atomic E-state index is 0.900. The first-order valence-corrected chi connectivity index (χ1v) is 6.58. The Morgan fingerprint density at radius 1 is 1.11 bits per heavy atom. The minimum Gasteiger partial charge on any atom is -0.329 e. The highest BCUT2D eigenvalue weighted by atomic mass is 15.1. The van der Waals surface area contributed by atoms with Crippen LogP contribution in [0, 0.1) is 0 Å². The number of imidazole rings is 1. The third kappa shape index (κ3) is 3.20. The van der Waals surface area contributed by atoms with Crippen LogP contribution in [0.25, 0.3) is 0 Å². The van der Waals surface area contributed by atoms with Crippen LogP contribution in [0.5, 0.6) is 0 Å². The average molecular weight is 243 g/mol. The van der Waals surface area contributed by atoms with Gasteiger partial charge in [-0.25, -0.2) is 4.98 Å². The summed E-state index contributed by atoms with van der Waals surface area (Å²) in [6.07, 6.45) is 3.90. The third-order valence-corrected chi connectivity index (χ3v) is 3.27. The zero-order chi connectivity index (χ0) is 12.8. The van der Waals surface area contributed by atoms with Crippen LogP contribution < -0.4 is 0 Å². The van der Waals surface area contributed by atoms with Gasteiger partial charge in [0.1, 0.15) is 0 Å². The lowest BCUT2D eigenvalue weighted by Crippen LogP contribution is -2.23. The van der Waals surface area contributed by atoms with E-state index >= 15 is 0 Å². The Balaban J connectivity index is 2.08. The highest BCUT2D eigenvalue weighted by molar-refractivity contribution is 5.16. The standard InChI is InChI=1S/C15H21N3/c1-3-17(4-2)12-15-10-16-13-18(15)11-14-8-6-5-7-9-14/h5-10,13H,3-4,11-12H2,1-2H3. The van der Waals surface area contributed by atoms with E-state index in [0.717, 1.165) is 26.2 Å². The quantitative estimate of drug-likeness (QED) is 0.778. The Bertz CT molecular complexity index is 458. The molecule has 1 heterocycles. The third-order valence-electron chi connectivity index (χ3n) is 3.27. The van der Waals surface area contributed by atoms with Crippen molar-refractivity contribution in [1.29, 1.82) is 0 Å². The maximum atomic E-state index is 4.28. The summed E-state index contributed by atoms with van der Waals surface area (Å²) in [4.78, 5) is 6.68. The highest BCUT2D eigenvalue weighted by Crippen LogP contribution is 2.08. The molecule has 0 N–H and O–H groups in total. The Morgan fingerprint density at radius 2 is 1.83 bits per heavy atom. The number of benzene rings is 1. The molecule has 3 heteroatoms. The number of rotatable bonds is 6. The molecule has 96 valence electrons. The zero-order valence-electron chi connectivity index (χ0n) is 11.2. The fourth-order valence-electron chi connectivity index (χ4n) is 2.08. The molecule has 0 bridgehead atoms. The van der Waals surface area contributed by atoms with E-state index in [-0.39, 0.29) is 0 Å². The SMILES string of the molecule is CCN(CC)Cc1cncn1Cc1ccccc1. The zero-order valence-corrected chi connectivity index (χ0v) is 11.2. The van der Waals surface area contributed by atoms with Gasteiger partial charge in [-0.05, 0) is 18.7 Å². The molecule has 1 aromatic carbocycles. The van der Waals surface area contributed by atoms with Crippen molar-refractivity contribution in [2.45, 2.75) is 26.9 Å². The summed E-state index contributed by atoms with van der Waals surface area (Å²) >= 11 is 0. The summed E-state index contributed by atoms with van der Waals surface area (Å²) in [5, 5.41) is 0. The number of hydrogen-bond donors (Lipinski definition) is 0. The summed E-state index contributed by atoms with van der Waals surface area (Å²) in [6.45, 7) is 8.42. The summed E-state index contributed by atoms with van der Waals surface area (Å²) < 4.78 is 2.23. The average Bonchev–Trinajstić information content (AvgIpc) is 2.84. The molecule has 0 saturated carbocycles. The Hall–Kier alpha value is -1.61. The van der Waals surface area contributed by atoms with Gasteiger partial charge in [-0.1, -0.05) is 44.2 Å². The van der Waals surface area contributed by atoms with Crippen molar-refractivity contribution < 1.29 is 0 Å². The van der Waals surface area contributed by atoms with Crippen molar-refractivity contribution in [3.63, 3.8) is 0 Å². The van der Waals surface area contributed by atoms with Gasteiger partial charge in [0.15, 0.2) is 0 Å². The van der Waals surface area contributed by atoms with Gasteiger partial charge >= 0.3 is 0 Å². The summed E-state index contributed by atoms with van der Waals surface area (Å²) in [6, 6.07) is 10.5. The van der Waals surface area contributed by atoms with E-state index in [4.69, 9.17) is 0 Å². The molecular formula is C15H21N3. The lowest BCUT2D eigenvalue weighted by molar-refractivity contribution is 0.288. The van der Waals surface area contributed by atoms with Crippen molar-refractivity contribution >= 4 is 0 Å². The van der Waals surface area contributed by atoms with E-state index in [1.165, 1.54) is 11.3 Å². The van der Waals surface area contributed by atoms with Crippen LogP contribution in [0.2, 0.25) is 0 Å². The maximum Gasteiger partial charge on any atom is 0.0951 e. The van der Waals surface area contributed by atoms with E-state index in [2.05, 4.69) is 52.6 Å². The van der Waals surface area contributed by atoms with Crippen molar-refractivity contribution in [3.8, 4) is 0 Å². The molecule has 0 amide bonds. The van der Waals surface area contributed by atoms with Crippen LogP contribution in [0.3, 0.4) is 0 Å². The first-order chi connectivity index (χ1) is 8.83. The van der Waals surface area contributed by atoms with Crippen LogP contribution in [0.15, 0.2) is 42.9 Å². The van der Waals surface area contributed by atoms with Crippen molar-refractivity contribution in [2.75, 3.05) is 13.1 Å². The fraction of sp³-hybridized carbons (Fsp3) is 0.400. The van der Waals surface area contributed by atoms with Crippen molar-refractivity contribution in [2.24, 2.45) is 0 Å². The van der Waals surface area contributed by atoms with E-state index in [1.807, 2.05) is 18.6 Å². The topological polar surface area (TPSA) is 21.1 Å². The fourth-order valence-corrected chi connectivity index (χ4v) is 2.08. The number of aromatic nitrogens is 2. The lowest BCUT2D eigenvalue weighted by atomic mass is 10.2. The van der Waals surface area contributed by atoms with E-state index in [9.17, 15) is 0 Å². The molecule has 3 nitrogen and oxygen atoms in total. The van der Waals surface area contributed by atoms with Crippen molar-refractivity contribution in [1.82, 2.24) is 14.5 Å². The summed E-state index contributed by atoms with van der Waals surface area (Å²) in [5.41, 5.74) is 2.60. The predicted molar refractivity (Wildman–Crippen MR) is 74.4 cm³/mol. The first kappa shape index (κ1) is 12.8. The molecule has 0 spiro atoms. The van der Waals surface area contributed by atoms with Crippen LogP contribution in [-0.4, -0.2) is 27.5 Å². The van der Waals surface area contributed by atoms with E-state index < -0.39 is 0 Å². The first-order valence-electron chi connectivity index (χ1n) is 6.58. The molecular weight excluding hydrogens is 222 g/mol. The van der Waals surface area contributed by atoms with E-state index in [0.29, 0.717) is 0 Å². The Morgan fingerprint density at radius 3 is 2.50 bits per heavy atom. The predicted octanol–water partition coefficient (Wildman–Crippen LogP) is 2.77. The minimum atomic E-state index is 0.900. The lowest BCUT2D eigenvalue weighted by Gasteiger charge is -2.18. The molecule has 0 atom stereocenters. The van der Waals surface area contributed by atoms with Gasteiger partial charge in [-0.15, -0.1) is 0 Å². The van der Waals surface area contributed by atoms with Crippen LogP contribution in [0.1, 0.15) is 25.1 Å². The van der Waals surface area contributed by atoms with Gasteiger partial charge in [0.2, 0.25) is 0 Å². The monoisotopic (exact) mass is 243 g/mol. The van der Waals surface area contributed by atoms with Crippen LogP contribution >= 0.6 is 0 Å². The Labute approximate surface area is 109 Å². The van der Waals surface area contributed by atoms with Crippen LogP contribution in [-0.2, 0) is 13.1 Å². The normalized spacial score (nSPS) is 11.1. The molecule has 0 aliphatic carbocycles. The van der Waals surface area contributed by atoms with Gasteiger partial charge < -0.3 is 4.57 Å². The van der Waals surface area contributed by atoms with Gasteiger partial charge in [0, 0.05) is 19.3 Å². The smallest absolute Gasteiger partial charge is 0.0951 e. The van der Waals surface area contributed by atoms with Gasteiger partial charge in [-0.2, -0.15) is 0 Å². The van der Waals surface area contributed by atoms with Gasteiger partial charge in [0.25, 0.3) is 0 Å². The number of nitrogens with zero attached hydrogens (tertiary/aromatic N) is 3. The van der Waals surface area contributed by atoms with Gasteiger partial charge in [0.05, 0.1) is 12.0 Å². The van der Waals surface area contributed by atoms with E-state index in [1.54, 1.807) is 0 Å². The molecule has 2 aromatic rings. The van der Waals surface area contributed by atoms with Crippen LogP contribution in [0.4, 0.5) is 0 Å². The molecule has 18 heavy (non-hydrogen) atoms. The van der Waals surface area contributed by atoms with Gasteiger partial charge in [-0.3, -0.25) is 4.90 Å². The molecule has 0 aliphatic rings. The highest BCUT2D eigenvalue weighted by Gasteiger charge is 2.06. The maximum absolute atomic E-state index is 4.28. The molecule has 2 rings (SSSR count). The molecule has 0 unspecified atom stereocenters. The second-order valence-electron chi connectivity index (χ2n) is 4.46. The molecule has 1 aromatic heterocycles. The second kappa shape index (κ2) is 6.36. The largest absolute Gasteiger partial charge is 0.329 e. The van der Waals surface area contributed by atoms with Crippen molar-refractivity contribution in [3.05, 3.63) is 54.1 Å². The molecule has 0 fully saturated rings. The molecule has 0 radical (unpaired) electrons.